The van der Waals surface area contributed by atoms with E-state index in [4.69, 9.17) is 0 Å². The third-order valence-corrected chi connectivity index (χ3v) is 4.77. The van der Waals surface area contributed by atoms with Crippen LogP contribution in [-0.4, -0.2) is 33.7 Å². The molecule has 0 spiro atoms. The van der Waals surface area contributed by atoms with Crippen molar-refractivity contribution in [2.75, 3.05) is 17.2 Å². The van der Waals surface area contributed by atoms with Crippen LogP contribution in [0.5, 0.6) is 0 Å². The van der Waals surface area contributed by atoms with Gasteiger partial charge in [-0.05, 0) is 25.5 Å². The summed E-state index contributed by atoms with van der Waals surface area (Å²) in [4.78, 5) is 6.82. The monoisotopic (exact) mass is 252 g/mol. The van der Waals surface area contributed by atoms with Crippen LogP contribution in [0.25, 0.3) is 0 Å². The zero-order chi connectivity index (χ0) is 12.4. The smallest absolute Gasteiger partial charge is 0.128 e. The molecule has 1 aliphatic rings. The minimum Gasteiger partial charge on any atom is -0.389 e. The molecular formula is C13H20N2OS. The molecule has 1 saturated heterocycles. The molecule has 4 heteroatoms. The molecule has 3 atom stereocenters. The van der Waals surface area contributed by atoms with Gasteiger partial charge < -0.3 is 10.0 Å². The van der Waals surface area contributed by atoms with Gasteiger partial charge in [0.05, 0.1) is 6.10 Å². The molecule has 1 aliphatic heterocycles. The van der Waals surface area contributed by atoms with Crippen LogP contribution in [0.4, 0.5) is 5.82 Å². The fraction of sp³-hybridized carbons (Fsp3) is 0.615. The fourth-order valence-electron chi connectivity index (χ4n) is 2.07. The number of anilines is 1. The van der Waals surface area contributed by atoms with Gasteiger partial charge >= 0.3 is 0 Å². The maximum Gasteiger partial charge on any atom is 0.128 e. The number of rotatable bonds is 2. The van der Waals surface area contributed by atoms with Crippen molar-refractivity contribution >= 4 is 17.6 Å². The van der Waals surface area contributed by atoms with Gasteiger partial charge in [0.25, 0.3) is 0 Å². The minimum atomic E-state index is -0.440. The lowest BCUT2D eigenvalue weighted by molar-refractivity contribution is 0.199. The Hall–Kier alpha value is -0.740. The molecule has 1 N–H and O–H groups in total. The number of pyridine rings is 1. The van der Waals surface area contributed by atoms with E-state index < -0.39 is 6.10 Å². The maximum absolute atomic E-state index is 9.46. The van der Waals surface area contributed by atoms with E-state index in [-0.39, 0.29) is 0 Å². The number of aliphatic hydroxyl groups is 1. The summed E-state index contributed by atoms with van der Waals surface area (Å²) in [5, 5.41) is 10.1. The Morgan fingerprint density at radius 1 is 1.47 bits per heavy atom. The largest absolute Gasteiger partial charge is 0.389 e. The van der Waals surface area contributed by atoms with Gasteiger partial charge in [-0.2, -0.15) is 11.8 Å². The average Bonchev–Trinajstić information content (AvgIpc) is 2.33. The minimum absolute atomic E-state index is 0.440. The molecule has 0 amide bonds. The fourth-order valence-corrected chi connectivity index (χ4v) is 3.17. The summed E-state index contributed by atoms with van der Waals surface area (Å²) in [7, 11) is 0. The molecule has 2 rings (SSSR count). The summed E-state index contributed by atoms with van der Waals surface area (Å²) in [5.74, 6) is 2.18. The number of thioether (sulfide) groups is 1. The number of hydrogen-bond acceptors (Lipinski definition) is 4. The van der Waals surface area contributed by atoms with Crippen LogP contribution < -0.4 is 4.90 Å². The SMILES string of the molecule is CC1SCCN(c2ccc([C@H](C)O)cn2)C1C. The predicted molar refractivity (Wildman–Crippen MR) is 73.6 cm³/mol. The summed E-state index contributed by atoms with van der Waals surface area (Å²) in [6.07, 6.45) is 1.34. The highest BCUT2D eigenvalue weighted by molar-refractivity contribution is 8.00. The molecule has 94 valence electrons. The first-order valence-electron chi connectivity index (χ1n) is 6.12. The molecule has 17 heavy (non-hydrogen) atoms. The van der Waals surface area contributed by atoms with Crippen molar-refractivity contribution in [2.45, 2.75) is 38.2 Å². The van der Waals surface area contributed by atoms with Crippen molar-refractivity contribution in [3.8, 4) is 0 Å². The zero-order valence-corrected chi connectivity index (χ0v) is 11.4. The van der Waals surface area contributed by atoms with E-state index in [1.165, 1.54) is 0 Å². The summed E-state index contributed by atoms with van der Waals surface area (Å²) >= 11 is 2.02. The second-order valence-electron chi connectivity index (χ2n) is 4.64. The Kier molecular flexibility index (Phi) is 3.94. The maximum atomic E-state index is 9.46. The first-order chi connectivity index (χ1) is 8.09. The first kappa shape index (κ1) is 12.7. The number of hydrogen-bond donors (Lipinski definition) is 1. The van der Waals surface area contributed by atoms with Gasteiger partial charge in [0.15, 0.2) is 0 Å². The molecule has 1 aromatic heterocycles. The van der Waals surface area contributed by atoms with Gasteiger partial charge in [-0.15, -0.1) is 0 Å². The van der Waals surface area contributed by atoms with Crippen LogP contribution in [0.3, 0.4) is 0 Å². The van der Waals surface area contributed by atoms with Crippen LogP contribution in [0.1, 0.15) is 32.4 Å². The summed E-state index contributed by atoms with van der Waals surface area (Å²) in [6.45, 7) is 7.34. The highest BCUT2D eigenvalue weighted by atomic mass is 32.2. The van der Waals surface area contributed by atoms with Gasteiger partial charge in [-0.25, -0.2) is 4.98 Å². The Balaban J connectivity index is 2.16. The second kappa shape index (κ2) is 5.27. The average molecular weight is 252 g/mol. The lowest BCUT2D eigenvalue weighted by Crippen LogP contribution is -2.45. The molecule has 0 aliphatic carbocycles. The highest BCUT2D eigenvalue weighted by Gasteiger charge is 2.25. The van der Waals surface area contributed by atoms with E-state index in [2.05, 4.69) is 23.7 Å². The molecule has 0 radical (unpaired) electrons. The lowest BCUT2D eigenvalue weighted by atomic mass is 10.1. The van der Waals surface area contributed by atoms with Crippen LogP contribution in [0.15, 0.2) is 18.3 Å². The summed E-state index contributed by atoms with van der Waals surface area (Å²) in [5.41, 5.74) is 0.876. The Morgan fingerprint density at radius 3 is 2.82 bits per heavy atom. The number of aromatic nitrogens is 1. The van der Waals surface area contributed by atoms with Crippen molar-refractivity contribution in [1.29, 1.82) is 0 Å². The molecule has 1 fully saturated rings. The van der Waals surface area contributed by atoms with Crippen LogP contribution >= 0.6 is 11.8 Å². The first-order valence-corrected chi connectivity index (χ1v) is 7.16. The van der Waals surface area contributed by atoms with Gasteiger partial charge in [0, 0.05) is 29.8 Å². The second-order valence-corrected chi connectivity index (χ2v) is 6.12. The predicted octanol–water partition coefficient (Wildman–Crippen LogP) is 2.47. The van der Waals surface area contributed by atoms with Crippen molar-refractivity contribution < 1.29 is 5.11 Å². The van der Waals surface area contributed by atoms with E-state index in [9.17, 15) is 5.11 Å². The normalized spacial score (nSPS) is 26.9. The molecule has 3 nitrogen and oxygen atoms in total. The summed E-state index contributed by atoms with van der Waals surface area (Å²) < 4.78 is 0. The van der Waals surface area contributed by atoms with Crippen molar-refractivity contribution in [3.63, 3.8) is 0 Å². The molecule has 1 aromatic rings. The van der Waals surface area contributed by atoms with Crippen molar-refractivity contribution in [3.05, 3.63) is 23.9 Å². The van der Waals surface area contributed by atoms with Crippen LogP contribution in [0, 0.1) is 0 Å². The van der Waals surface area contributed by atoms with Gasteiger partial charge in [0.2, 0.25) is 0 Å². The Bertz CT molecular complexity index is 366. The molecule has 0 aromatic carbocycles. The van der Waals surface area contributed by atoms with Crippen molar-refractivity contribution in [1.82, 2.24) is 4.98 Å². The van der Waals surface area contributed by atoms with E-state index in [0.717, 1.165) is 23.7 Å². The third-order valence-electron chi connectivity index (χ3n) is 3.43. The molecular weight excluding hydrogens is 232 g/mol. The van der Waals surface area contributed by atoms with E-state index >= 15 is 0 Å². The molecule has 2 unspecified atom stereocenters. The Labute approximate surface area is 107 Å². The standard InChI is InChI=1S/C13H20N2OS/c1-9-11(3)17-7-6-15(9)13-5-4-12(8-14-13)10(2)16/h4-5,8-11,16H,6-7H2,1-3H3/t9?,10-,11?/m0/s1. The topological polar surface area (TPSA) is 36.4 Å². The van der Waals surface area contributed by atoms with E-state index in [1.54, 1.807) is 13.1 Å². The zero-order valence-electron chi connectivity index (χ0n) is 10.6. The molecule has 2 heterocycles. The van der Waals surface area contributed by atoms with Gasteiger partial charge in [-0.1, -0.05) is 13.0 Å². The Morgan fingerprint density at radius 2 is 2.24 bits per heavy atom. The third kappa shape index (κ3) is 2.75. The van der Waals surface area contributed by atoms with Gasteiger partial charge in [-0.3, -0.25) is 0 Å². The van der Waals surface area contributed by atoms with E-state index in [0.29, 0.717) is 11.3 Å². The van der Waals surface area contributed by atoms with Gasteiger partial charge in [0.1, 0.15) is 5.82 Å². The van der Waals surface area contributed by atoms with E-state index in [1.807, 2.05) is 23.9 Å². The molecule has 0 saturated carbocycles. The summed E-state index contributed by atoms with van der Waals surface area (Å²) in [6, 6.07) is 4.49. The van der Waals surface area contributed by atoms with Crippen molar-refractivity contribution in [2.24, 2.45) is 0 Å². The lowest BCUT2D eigenvalue weighted by Gasteiger charge is -2.38. The number of aliphatic hydroxyl groups excluding tert-OH is 1. The van der Waals surface area contributed by atoms with Crippen LogP contribution in [-0.2, 0) is 0 Å². The molecule has 0 bridgehead atoms. The quantitative estimate of drug-likeness (QED) is 0.877. The number of nitrogens with zero attached hydrogens (tertiary/aromatic N) is 2. The highest BCUT2D eigenvalue weighted by Crippen LogP contribution is 2.28. The van der Waals surface area contributed by atoms with Crippen LogP contribution in [0.2, 0.25) is 0 Å².